The fourth-order valence-corrected chi connectivity index (χ4v) is 3.12. The number of ether oxygens (including phenoxy) is 1. The molecular formula is C14H27NO. The van der Waals surface area contributed by atoms with Crippen molar-refractivity contribution in [3.63, 3.8) is 0 Å². The van der Waals surface area contributed by atoms with E-state index in [0.29, 0.717) is 16.9 Å². The highest BCUT2D eigenvalue weighted by molar-refractivity contribution is 4.98. The van der Waals surface area contributed by atoms with Crippen LogP contribution in [-0.4, -0.2) is 37.2 Å². The lowest BCUT2D eigenvalue weighted by Gasteiger charge is -2.37. The third kappa shape index (κ3) is 3.21. The molecule has 0 bridgehead atoms. The maximum Gasteiger partial charge on any atom is 0.0619 e. The average Bonchev–Trinajstić information content (AvgIpc) is 2.86. The summed E-state index contributed by atoms with van der Waals surface area (Å²) in [5.74, 6) is 0. The Labute approximate surface area is 100 Å². The lowest BCUT2D eigenvalue weighted by molar-refractivity contribution is -0.0125. The minimum atomic E-state index is 0.478. The summed E-state index contributed by atoms with van der Waals surface area (Å²) in [6.07, 6.45) is 4.26. The Morgan fingerprint density at radius 1 is 1.31 bits per heavy atom. The molecular weight excluding hydrogens is 198 g/mol. The van der Waals surface area contributed by atoms with Crippen molar-refractivity contribution in [2.24, 2.45) is 10.8 Å². The normalized spacial score (nSPS) is 30.4. The van der Waals surface area contributed by atoms with Gasteiger partial charge in [-0.25, -0.2) is 0 Å². The number of hydrogen-bond acceptors (Lipinski definition) is 2. The van der Waals surface area contributed by atoms with E-state index in [4.69, 9.17) is 4.74 Å². The lowest BCUT2D eigenvalue weighted by Crippen LogP contribution is -2.46. The van der Waals surface area contributed by atoms with Crippen molar-refractivity contribution in [2.75, 3.05) is 26.3 Å². The summed E-state index contributed by atoms with van der Waals surface area (Å²) < 4.78 is 5.51. The van der Waals surface area contributed by atoms with E-state index in [-0.39, 0.29) is 0 Å². The van der Waals surface area contributed by atoms with Gasteiger partial charge in [0.05, 0.1) is 13.2 Å². The van der Waals surface area contributed by atoms with Crippen LogP contribution in [0.15, 0.2) is 0 Å². The summed E-state index contributed by atoms with van der Waals surface area (Å²) in [4.78, 5) is 2.64. The van der Waals surface area contributed by atoms with Crippen LogP contribution < -0.4 is 0 Å². The molecule has 0 unspecified atom stereocenters. The van der Waals surface area contributed by atoms with Crippen LogP contribution in [0.5, 0.6) is 0 Å². The predicted octanol–water partition coefficient (Wildman–Crippen LogP) is 2.92. The second-order valence-corrected chi connectivity index (χ2v) is 7.13. The van der Waals surface area contributed by atoms with Gasteiger partial charge in [0.25, 0.3) is 0 Å². The van der Waals surface area contributed by atoms with Crippen LogP contribution in [0.4, 0.5) is 0 Å². The van der Waals surface area contributed by atoms with Crippen LogP contribution in [0.3, 0.4) is 0 Å². The van der Waals surface area contributed by atoms with Crippen molar-refractivity contribution >= 4 is 0 Å². The predicted molar refractivity (Wildman–Crippen MR) is 67.6 cm³/mol. The first-order valence-corrected chi connectivity index (χ1v) is 6.72. The second kappa shape index (κ2) is 4.30. The fraction of sp³-hybridized carbons (Fsp3) is 1.00. The molecule has 2 fully saturated rings. The highest BCUT2D eigenvalue weighted by atomic mass is 16.5. The summed E-state index contributed by atoms with van der Waals surface area (Å²) in [5.41, 5.74) is 1.12. The number of nitrogens with zero attached hydrogens (tertiary/aromatic N) is 1. The first kappa shape index (κ1) is 12.4. The topological polar surface area (TPSA) is 12.5 Å². The lowest BCUT2D eigenvalue weighted by atomic mass is 9.82. The van der Waals surface area contributed by atoms with Gasteiger partial charge in [-0.2, -0.15) is 0 Å². The van der Waals surface area contributed by atoms with E-state index in [9.17, 15) is 0 Å². The summed E-state index contributed by atoms with van der Waals surface area (Å²) in [6.45, 7) is 13.7. The third-order valence-corrected chi connectivity index (χ3v) is 3.91. The van der Waals surface area contributed by atoms with E-state index in [1.807, 2.05) is 0 Å². The SMILES string of the molecule is C[C@H]1COCCN1CC1(CC(C)(C)C)CC1. The van der Waals surface area contributed by atoms with Crippen molar-refractivity contribution < 1.29 is 4.74 Å². The van der Waals surface area contributed by atoms with Gasteiger partial charge in [0.15, 0.2) is 0 Å². The Morgan fingerprint density at radius 2 is 2.00 bits per heavy atom. The monoisotopic (exact) mass is 225 g/mol. The Kier molecular flexibility index (Phi) is 3.33. The molecule has 0 aromatic rings. The third-order valence-electron chi connectivity index (χ3n) is 3.91. The van der Waals surface area contributed by atoms with Gasteiger partial charge < -0.3 is 4.74 Å². The molecule has 16 heavy (non-hydrogen) atoms. The van der Waals surface area contributed by atoms with E-state index in [1.165, 1.54) is 25.8 Å². The minimum Gasteiger partial charge on any atom is -0.379 e. The van der Waals surface area contributed by atoms with Crippen LogP contribution >= 0.6 is 0 Å². The van der Waals surface area contributed by atoms with E-state index in [1.54, 1.807) is 0 Å². The fourth-order valence-electron chi connectivity index (χ4n) is 3.12. The van der Waals surface area contributed by atoms with Crippen LogP contribution in [0.1, 0.15) is 47.0 Å². The molecule has 0 spiro atoms. The smallest absolute Gasteiger partial charge is 0.0619 e. The molecule has 94 valence electrons. The Bertz CT molecular complexity index is 240. The molecule has 2 heteroatoms. The van der Waals surface area contributed by atoms with E-state index in [2.05, 4.69) is 32.6 Å². The van der Waals surface area contributed by atoms with Gasteiger partial charge >= 0.3 is 0 Å². The molecule has 2 rings (SSSR count). The molecule has 1 atom stereocenters. The molecule has 0 N–H and O–H groups in total. The Hall–Kier alpha value is -0.0800. The molecule has 1 saturated heterocycles. The van der Waals surface area contributed by atoms with Crippen LogP contribution in [-0.2, 0) is 4.74 Å². The maximum absolute atomic E-state index is 5.51. The van der Waals surface area contributed by atoms with Crippen molar-refractivity contribution in [3.8, 4) is 0 Å². The second-order valence-electron chi connectivity index (χ2n) is 7.13. The first-order valence-electron chi connectivity index (χ1n) is 6.72. The van der Waals surface area contributed by atoms with Crippen molar-refractivity contribution in [2.45, 2.75) is 53.0 Å². The summed E-state index contributed by atoms with van der Waals surface area (Å²) in [7, 11) is 0. The zero-order valence-electron chi connectivity index (χ0n) is 11.4. The van der Waals surface area contributed by atoms with Gasteiger partial charge in [-0.1, -0.05) is 20.8 Å². The largest absolute Gasteiger partial charge is 0.379 e. The number of rotatable bonds is 3. The molecule has 2 nitrogen and oxygen atoms in total. The Balaban J connectivity index is 1.88. The van der Waals surface area contributed by atoms with Crippen LogP contribution in [0.2, 0.25) is 0 Å². The molecule has 0 radical (unpaired) electrons. The number of morpholine rings is 1. The van der Waals surface area contributed by atoms with Crippen LogP contribution in [0, 0.1) is 10.8 Å². The van der Waals surface area contributed by atoms with E-state index < -0.39 is 0 Å². The summed E-state index contributed by atoms with van der Waals surface area (Å²) in [6, 6.07) is 0.617. The quantitative estimate of drug-likeness (QED) is 0.732. The van der Waals surface area contributed by atoms with Crippen LogP contribution in [0.25, 0.3) is 0 Å². The standard InChI is InChI=1S/C14H27NO/c1-12-9-16-8-7-15(12)11-14(5-6-14)10-13(2,3)4/h12H,5-11H2,1-4H3/t12-/m0/s1. The van der Waals surface area contributed by atoms with Gasteiger partial charge in [0, 0.05) is 19.1 Å². The van der Waals surface area contributed by atoms with Crippen molar-refractivity contribution in [3.05, 3.63) is 0 Å². The highest BCUT2D eigenvalue weighted by Gasteiger charge is 2.46. The summed E-state index contributed by atoms with van der Waals surface area (Å²) in [5, 5.41) is 0. The average molecular weight is 225 g/mol. The molecule has 1 saturated carbocycles. The van der Waals surface area contributed by atoms with Crippen molar-refractivity contribution in [1.82, 2.24) is 4.90 Å². The number of hydrogen-bond donors (Lipinski definition) is 0. The molecule has 0 amide bonds. The zero-order valence-corrected chi connectivity index (χ0v) is 11.4. The van der Waals surface area contributed by atoms with Gasteiger partial charge in [0.2, 0.25) is 0 Å². The van der Waals surface area contributed by atoms with Gasteiger partial charge in [-0.05, 0) is 37.0 Å². The zero-order chi connectivity index (χ0) is 11.8. The van der Waals surface area contributed by atoms with Crippen molar-refractivity contribution in [1.29, 1.82) is 0 Å². The van der Waals surface area contributed by atoms with Gasteiger partial charge in [-0.15, -0.1) is 0 Å². The van der Waals surface area contributed by atoms with Gasteiger partial charge in [0.1, 0.15) is 0 Å². The highest BCUT2D eigenvalue weighted by Crippen LogP contribution is 2.53. The molecule has 1 heterocycles. The maximum atomic E-state index is 5.51. The Morgan fingerprint density at radius 3 is 2.50 bits per heavy atom. The first-order chi connectivity index (χ1) is 7.40. The minimum absolute atomic E-state index is 0.478. The van der Waals surface area contributed by atoms with E-state index in [0.717, 1.165) is 19.8 Å². The molecule has 2 aliphatic rings. The molecule has 1 aliphatic carbocycles. The molecule has 1 aliphatic heterocycles. The molecule has 0 aromatic heterocycles. The molecule has 0 aromatic carbocycles. The van der Waals surface area contributed by atoms with E-state index >= 15 is 0 Å². The van der Waals surface area contributed by atoms with Gasteiger partial charge in [-0.3, -0.25) is 4.90 Å². The summed E-state index contributed by atoms with van der Waals surface area (Å²) >= 11 is 0.